The number of amides is 2. The Morgan fingerprint density at radius 3 is 1.98 bits per heavy atom. The number of benzene rings is 3. The van der Waals surface area contributed by atoms with Crippen LogP contribution in [0, 0.1) is 29.2 Å². The normalized spacial score (nSPS) is 14.7. The first-order valence-corrected chi connectivity index (χ1v) is 14.0. The molecule has 3 N–H and O–H groups in total. The van der Waals surface area contributed by atoms with Gasteiger partial charge in [0, 0.05) is 18.5 Å². The van der Waals surface area contributed by atoms with Crippen molar-refractivity contribution >= 4 is 17.5 Å². The fraction of sp³-hybridized carbons (Fsp3) is 0.375. The summed E-state index contributed by atoms with van der Waals surface area (Å²) in [7, 11) is 0. The Bertz CT molecular complexity index is 1340. The van der Waals surface area contributed by atoms with Gasteiger partial charge in [-0.3, -0.25) is 9.59 Å². The number of nitrogens with zero attached hydrogens (tertiary/aromatic N) is 1. The number of nitrogens with one attached hydrogen (secondary N) is 2. The van der Waals surface area contributed by atoms with Crippen LogP contribution in [0.5, 0.6) is 0 Å². The molecule has 1 aliphatic rings. The quantitative estimate of drug-likeness (QED) is 0.218. The lowest BCUT2D eigenvalue weighted by Gasteiger charge is -2.32. The molecule has 0 aromatic heterocycles. The zero-order chi connectivity index (χ0) is 30.4. The van der Waals surface area contributed by atoms with Crippen molar-refractivity contribution in [3.63, 3.8) is 0 Å². The molecule has 1 aliphatic heterocycles. The maximum atomic E-state index is 14.6. The Hall–Kier alpha value is -3.76. The second kappa shape index (κ2) is 13.5. The van der Waals surface area contributed by atoms with Crippen molar-refractivity contribution in [3.05, 3.63) is 101 Å². The van der Waals surface area contributed by atoms with Gasteiger partial charge in [0.2, 0.25) is 5.91 Å². The number of rotatable bonds is 10. The molecular weight excluding hydrogens is 550 g/mol. The lowest BCUT2D eigenvalue weighted by atomic mass is 9.85. The average molecular weight is 586 g/mol. The minimum Gasteiger partial charge on any atom is -0.372 e. The number of piperidine rings is 1. The molecule has 224 valence electrons. The van der Waals surface area contributed by atoms with Gasteiger partial charge in [-0.25, -0.2) is 17.6 Å². The van der Waals surface area contributed by atoms with Gasteiger partial charge in [-0.1, -0.05) is 38.1 Å². The highest BCUT2D eigenvalue weighted by Crippen LogP contribution is 2.33. The second-order valence-electron chi connectivity index (χ2n) is 10.9. The van der Waals surface area contributed by atoms with E-state index in [0.717, 1.165) is 30.3 Å². The maximum absolute atomic E-state index is 14.6. The zero-order valence-electron chi connectivity index (χ0n) is 23.6. The van der Waals surface area contributed by atoms with Crippen LogP contribution in [-0.4, -0.2) is 48.0 Å². The van der Waals surface area contributed by atoms with E-state index in [0.29, 0.717) is 44.5 Å². The zero-order valence-corrected chi connectivity index (χ0v) is 23.6. The van der Waals surface area contributed by atoms with Crippen LogP contribution in [0.15, 0.2) is 60.7 Å². The number of likely N-dealkylation sites (tertiary alicyclic amines) is 1. The summed E-state index contributed by atoms with van der Waals surface area (Å²) in [6.45, 7) is 5.59. The summed E-state index contributed by atoms with van der Waals surface area (Å²) in [4.78, 5) is 27.4. The molecule has 10 heteroatoms. The van der Waals surface area contributed by atoms with Crippen LogP contribution < -0.4 is 10.6 Å². The first kappa shape index (κ1) is 31.2. The van der Waals surface area contributed by atoms with E-state index in [-0.39, 0.29) is 41.1 Å². The molecule has 0 radical (unpaired) electrons. The van der Waals surface area contributed by atoms with Crippen molar-refractivity contribution in [3.8, 4) is 0 Å². The van der Waals surface area contributed by atoms with Crippen molar-refractivity contribution in [2.24, 2.45) is 5.92 Å². The number of carbonyl (C=O) groups is 2. The molecule has 1 saturated heterocycles. The molecule has 42 heavy (non-hydrogen) atoms. The number of carbonyl (C=O) groups excluding carboxylic acids is 2. The summed E-state index contributed by atoms with van der Waals surface area (Å²) in [5.41, 5.74) is -1.50. The summed E-state index contributed by atoms with van der Waals surface area (Å²) in [5, 5.41) is 16.8. The smallest absolute Gasteiger partial charge is 0.261 e. The molecule has 2 amide bonds. The molecule has 1 fully saturated rings. The van der Waals surface area contributed by atoms with E-state index in [9.17, 15) is 32.3 Å². The molecule has 3 aromatic carbocycles. The fourth-order valence-electron chi connectivity index (χ4n) is 5.16. The molecule has 0 unspecified atom stereocenters. The van der Waals surface area contributed by atoms with Gasteiger partial charge in [-0.05, 0) is 91.8 Å². The fourth-order valence-corrected chi connectivity index (χ4v) is 5.16. The van der Waals surface area contributed by atoms with Gasteiger partial charge in [0.15, 0.2) is 5.60 Å². The van der Waals surface area contributed by atoms with Gasteiger partial charge in [0.1, 0.15) is 23.3 Å². The van der Waals surface area contributed by atoms with Crippen LogP contribution >= 0.6 is 0 Å². The van der Waals surface area contributed by atoms with E-state index in [4.69, 9.17) is 0 Å². The minimum absolute atomic E-state index is 0.0236. The molecule has 1 heterocycles. The van der Waals surface area contributed by atoms with Gasteiger partial charge in [0.05, 0.1) is 5.69 Å². The molecule has 4 rings (SSSR count). The molecule has 3 aromatic rings. The van der Waals surface area contributed by atoms with Gasteiger partial charge in [-0.2, -0.15) is 0 Å². The molecule has 0 spiro atoms. The number of hydrogen-bond donors (Lipinski definition) is 3. The molecule has 0 atom stereocenters. The van der Waals surface area contributed by atoms with Crippen LogP contribution in [0.3, 0.4) is 0 Å². The first-order chi connectivity index (χ1) is 20.0. The van der Waals surface area contributed by atoms with Crippen LogP contribution in [0.25, 0.3) is 0 Å². The SMILES string of the molecule is CC(C)C(=O)Nc1cc(C2CCN(CCCNC(=O)C(O)(c3ccc(F)cc3)c3ccc(F)cc3)CC2)c(F)cc1F. The van der Waals surface area contributed by atoms with E-state index < -0.39 is 34.8 Å². The van der Waals surface area contributed by atoms with Crippen LogP contribution in [0.2, 0.25) is 0 Å². The van der Waals surface area contributed by atoms with Gasteiger partial charge in [0.25, 0.3) is 5.91 Å². The third-order valence-corrected chi connectivity index (χ3v) is 7.69. The minimum atomic E-state index is -2.15. The summed E-state index contributed by atoms with van der Waals surface area (Å²) in [5.74, 6) is -4.02. The van der Waals surface area contributed by atoms with E-state index in [2.05, 4.69) is 15.5 Å². The topological polar surface area (TPSA) is 81.7 Å². The highest BCUT2D eigenvalue weighted by molar-refractivity contribution is 5.92. The van der Waals surface area contributed by atoms with E-state index in [1.807, 2.05) is 0 Å². The number of halogens is 4. The van der Waals surface area contributed by atoms with Crippen molar-refractivity contribution in [1.29, 1.82) is 0 Å². The summed E-state index contributed by atoms with van der Waals surface area (Å²) < 4.78 is 56.0. The van der Waals surface area contributed by atoms with E-state index >= 15 is 0 Å². The highest BCUT2D eigenvalue weighted by atomic mass is 19.1. The Morgan fingerprint density at radius 2 is 1.45 bits per heavy atom. The van der Waals surface area contributed by atoms with E-state index in [1.54, 1.807) is 13.8 Å². The molecule has 0 aliphatic carbocycles. The van der Waals surface area contributed by atoms with Gasteiger partial charge < -0.3 is 20.6 Å². The van der Waals surface area contributed by atoms with Crippen LogP contribution in [0.4, 0.5) is 23.2 Å². The summed E-state index contributed by atoms with van der Waals surface area (Å²) in [6, 6.07) is 12.0. The van der Waals surface area contributed by atoms with E-state index in [1.165, 1.54) is 30.3 Å². The Labute approximate surface area is 242 Å². The monoisotopic (exact) mass is 585 g/mol. The molecule has 0 saturated carbocycles. The van der Waals surface area contributed by atoms with Crippen molar-refractivity contribution in [2.45, 2.75) is 44.6 Å². The van der Waals surface area contributed by atoms with Crippen LogP contribution in [-0.2, 0) is 15.2 Å². The third-order valence-electron chi connectivity index (χ3n) is 7.69. The van der Waals surface area contributed by atoms with Gasteiger partial charge in [-0.15, -0.1) is 0 Å². The third kappa shape index (κ3) is 7.17. The summed E-state index contributed by atoms with van der Waals surface area (Å²) >= 11 is 0. The molecule has 6 nitrogen and oxygen atoms in total. The second-order valence-corrected chi connectivity index (χ2v) is 10.9. The van der Waals surface area contributed by atoms with Crippen LogP contribution in [0.1, 0.15) is 55.7 Å². The van der Waals surface area contributed by atoms with Crippen molar-refractivity contribution < 1.29 is 32.3 Å². The largest absolute Gasteiger partial charge is 0.372 e. The standard InChI is InChI=1S/C32H35F4N3O3/c1-20(2)30(40)38-29-18-26(27(35)19-28(29)36)21-12-16-39(17-13-21)15-3-14-37-31(41)32(42,22-4-8-24(33)9-5-22)23-6-10-25(34)11-7-23/h4-11,18-21,42H,3,12-17H2,1-2H3,(H,37,41)(H,38,40). The Kier molecular flexibility index (Phi) is 10.0. The molecule has 0 bridgehead atoms. The number of aliphatic hydroxyl groups is 1. The predicted octanol–water partition coefficient (Wildman–Crippen LogP) is 5.46. The summed E-state index contributed by atoms with van der Waals surface area (Å²) in [6.07, 6.45) is 1.85. The van der Waals surface area contributed by atoms with Crippen molar-refractivity contribution in [2.75, 3.05) is 31.5 Å². The van der Waals surface area contributed by atoms with Gasteiger partial charge >= 0.3 is 0 Å². The lowest BCUT2D eigenvalue weighted by Crippen LogP contribution is -2.46. The van der Waals surface area contributed by atoms with Crippen molar-refractivity contribution in [1.82, 2.24) is 10.2 Å². The average Bonchev–Trinajstić information content (AvgIpc) is 2.97. The predicted molar refractivity (Wildman–Crippen MR) is 152 cm³/mol. The first-order valence-electron chi connectivity index (χ1n) is 14.0. The number of anilines is 1. The maximum Gasteiger partial charge on any atom is 0.261 e. The molecular formula is C32H35F4N3O3. The highest BCUT2D eigenvalue weighted by Gasteiger charge is 2.40. The Balaban J connectivity index is 1.32. The Morgan fingerprint density at radius 1 is 0.905 bits per heavy atom. The number of hydrogen-bond acceptors (Lipinski definition) is 4. The lowest BCUT2D eigenvalue weighted by molar-refractivity contribution is -0.136.